The lowest BCUT2D eigenvalue weighted by Crippen LogP contribution is -2.44. The highest BCUT2D eigenvalue weighted by molar-refractivity contribution is 6.84. The molecular formula is C32H40N2O6Si2. The highest BCUT2D eigenvalue weighted by atomic mass is 28.4. The van der Waals surface area contributed by atoms with Crippen molar-refractivity contribution in [3.05, 3.63) is 83.9 Å². The molecular weight excluding hydrogens is 565 g/mol. The van der Waals surface area contributed by atoms with Gasteiger partial charge in [0.25, 0.3) is 0 Å². The van der Waals surface area contributed by atoms with Crippen LogP contribution < -0.4 is 4.74 Å². The molecule has 222 valence electrons. The second-order valence-corrected chi connectivity index (χ2v) is 20.2. The first-order chi connectivity index (χ1) is 19.9. The van der Waals surface area contributed by atoms with Crippen molar-refractivity contribution in [3.8, 4) is 11.5 Å². The van der Waals surface area contributed by atoms with Gasteiger partial charge < -0.3 is 19.1 Å². The van der Waals surface area contributed by atoms with Crippen molar-refractivity contribution in [3.63, 3.8) is 0 Å². The second kappa shape index (κ2) is 15.4. The molecule has 0 fully saturated rings. The van der Waals surface area contributed by atoms with E-state index in [4.69, 9.17) is 14.0 Å². The summed E-state index contributed by atoms with van der Waals surface area (Å²) < 4.78 is 12.0. The number of hydrogen-bond donors (Lipinski definition) is 2. The van der Waals surface area contributed by atoms with Gasteiger partial charge in [0.15, 0.2) is 16.6 Å². The number of phenolic OH excluding ortho intramolecular Hbond substituents is 1. The molecule has 3 rings (SSSR count). The highest BCUT2D eigenvalue weighted by Gasteiger charge is 2.32. The summed E-state index contributed by atoms with van der Waals surface area (Å²) in [7, 11) is -3.90. The first kappa shape index (κ1) is 32.6. The van der Waals surface area contributed by atoms with E-state index >= 15 is 0 Å². The molecule has 8 nitrogen and oxygen atoms in total. The molecule has 0 radical (unpaired) electrons. The van der Waals surface area contributed by atoms with Gasteiger partial charge in [-0.2, -0.15) is 0 Å². The Bertz CT molecular complexity index is 1370. The standard InChI is InChI=1S/C32H40N2O6Si2/c1-41(2,21-5-7-31(36)37)40-42(3,4)22-6-8-32(38)39-30-19-11-26(12-20-30)24-34-28-15-13-27(14-16-28)33-23-25-9-17-29(35)18-10-25/h9-20,23-24,35H,5-8,21-22H2,1-4H3,(H,36,37). The van der Waals surface area contributed by atoms with Crippen LogP contribution >= 0.6 is 0 Å². The topological polar surface area (TPSA) is 118 Å². The Morgan fingerprint density at radius 3 is 1.64 bits per heavy atom. The minimum absolute atomic E-state index is 0.176. The Morgan fingerprint density at radius 2 is 1.17 bits per heavy atom. The number of carboxylic acids is 1. The molecule has 0 atom stereocenters. The number of phenols is 1. The van der Waals surface area contributed by atoms with Gasteiger partial charge in [-0.15, -0.1) is 0 Å². The smallest absolute Gasteiger partial charge is 0.311 e. The predicted octanol–water partition coefficient (Wildman–Crippen LogP) is 7.87. The van der Waals surface area contributed by atoms with Crippen LogP contribution in [0.2, 0.25) is 38.3 Å². The third-order valence-electron chi connectivity index (χ3n) is 6.46. The Kier molecular flexibility index (Phi) is 12.0. The van der Waals surface area contributed by atoms with Crippen molar-refractivity contribution in [2.75, 3.05) is 0 Å². The van der Waals surface area contributed by atoms with E-state index < -0.39 is 22.6 Å². The molecule has 0 saturated carbocycles. The number of aliphatic carboxylic acids is 1. The number of aliphatic imine (C=N–C) groups is 2. The fourth-order valence-electron chi connectivity index (χ4n) is 4.46. The lowest BCUT2D eigenvalue weighted by Gasteiger charge is -2.34. The van der Waals surface area contributed by atoms with Crippen LogP contribution in [-0.2, 0) is 13.7 Å². The van der Waals surface area contributed by atoms with Gasteiger partial charge in [0.05, 0.1) is 11.4 Å². The quantitative estimate of drug-likeness (QED) is 0.0789. The predicted molar refractivity (Wildman–Crippen MR) is 173 cm³/mol. The number of carbonyl (C=O) groups excluding carboxylic acids is 1. The minimum atomic E-state index is -1.97. The molecule has 2 N–H and O–H groups in total. The zero-order valence-electron chi connectivity index (χ0n) is 24.7. The SMILES string of the molecule is C[Si](C)(CCCC(=O)O)O[Si](C)(C)CCCC(=O)Oc1ccc(C=Nc2ccc(N=Cc3ccc(O)cc3)cc2)cc1. The third-order valence-corrected chi connectivity index (χ3v) is 14.0. The van der Waals surface area contributed by atoms with Crippen LogP contribution in [0.1, 0.15) is 36.8 Å². The van der Waals surface area contributed by atoms with Crippen LogP contribution in [0.4, 0.5) is 11.4 Å². The zero-order valence-corrected chi connectivity index (χ0v) is 26.7. The van der Waals surface area contributed by atoms with E-state index in [1.165, 1.54) is 0 Å². The molecule has 3 aromatic rings. The van der Waals surface area contributed by atoms with Crippen LogP contribution in [0, 0.1) is 0 Å². The lowest BCUT2D eigenvalue weighted by molar-refractivity contribution is -0.137. The van der Waals surface area contributed by atoms with Crippen molar-refractivity contribution in [2.45, 2.75) is 64.0 Å². The highest BCUT2D eigenvalue weighted by Crippen LogP contribution is 2.25. The summed E-state index contributed by atoms with van der Waals surface area (Å²) in [6.45, 7) is 8.60. The van der Waals surface area contributed by atoms with Crippen LogP contribution in [0.3, 0.4) is 0 Å². The summed E-state index contributed by atoms with van der Waals surface area (Å²) in [4.78, 5) is 32.2. The van der Waals surface area contributed by atoms with Crippen LogP contribution in [-0.4, -0.2) is 51.2 Å². The fraction of sp³-hybridized carbons (Fsp3) is 0.312. The van der Waals surface area contributed by atoms with Gasteiger partial charge in [0.2, 0.25) is 0 Å². The molecule has 3 aromatic carbocycles. The van der Waals surface area contributed by atoms with Crippen molar-refractivity contribution < 1.29 is 28.7 Å². The maximum Gasteiger partial charge on any atom is 0.311 e. The van der Waals surface area contributed by atoms with E-state index in [0.717, 1.165) is 34.6 Å². The van der Waals surface area contributed by atoms with Gasteiger partial charge in [-0.3, -0.25) is 19.6 Å². The van der Waals surface area contributed by atoms with Crippen molar-refractivity contribution in [1.82, 2.24) is 0 Å². The molecule has 0 unspecified atom stereocenters. The molecule has 0 aliphatic rings. The lowest BCUT2D eigenvalue weighted by atomic mass is 10.2. The van der Waals surface area contributed by atoms with E-state index in [9.17, 15) is 14.7 Å². The molecule has 0 saturated heterocycles. The third kappa shape index (κ3) is 12.3. The number of carboxylic acid groups (broad SMARTS) is 1. The van der Waals surface area contributed by atoms with Crippen molar-refractivity contribution >= 4 is 52.4 Å². The first-order valence-corrected chi connectivity index (χ1v) is 20.3. The van der Waals surface area contributed by atoms with Crippen molar-refractivity contribution in [1.29, 1.82) is 0 Å². The number of aromatic hydroxyl groups is 1. The largest absolute Gasteiger partial charge is 0.508 e. The molecule has 0 amide bonds. The number of benzene rings is 3. The average molecular weight is 605 g/mol. The zero-order chi connectivity index (χ0) is 30.6. The molecule has 0 aliphatic heterocycles. The number of rotatable bonds is 15. The van der Waals surface area contributed by atoms with Crippen LogP contribution in [0.15, 0.2) is 82.8 Å². The molecule has 10 heteroatoms. The summed E-state index contributed by atoms with van der Waals surface area (Å²) in [5, 5.41) is 18.2. The number of carbonyl (C=O) groups is 2. The van der Waals surface area contributed by atoms with E-state index in [2.05, 4.69) is 36.2 Å². The maximum atomic E-state index is 12.4. The summed E-state index contributed by atoms with van der Waals surface area (Å²) in [5.74, 6) is -0.325. The Labute approximate surface area is 250 Å². The summed E-state index contributed by atoms with van der Waals surface area (Å²) >= 11 is 0. The Balaban J connectivity index is 1.41. The van der Waals surface area contributed by atoms with E-state index in [1.54, 1.807) is 48.8 Å². The number of hydrogen-bond acceptors (Lipinski definition) is 7. The van der Waals surface area contributed by atoms with Gasteiger partial charge in [-0.1, -0.05) is 0 Å². The van der Waals surface area contributed by atoms with Crippen LogP contribution in [0.5, 0.6) is 11.5 Å². The number of esters is 1. The fourth-order valence-corrected chi connectivity index (χ4v) is 13.3. The monoisotopic (exact) mass is 604 g/mol. The molecule has 0 heterocycles. The molecule has 0 aromatic heterocycles. The molecule has 0 bridgehead atoms. The summed E-state index contributed by atoms with van der Waals surface area (Å²) in [5.41, 5.74) is 3.36. The van der Waals surface area contributed by atoms with Gasteiger partial charge in [-0.05, 0) is 135 Å². The van der Waals surface area contributed by atoms with Gasteiger partial charge in [0.1, 0.15) is 11.5 Å². The molecule has 0 spiro atoms. The molecule has 42 heavy (non-hydrogen) atoms. The summed E-state index contributed by atoms with van der Waals surface area (Å²) in [6.07, 6.45) is 5.32. The van der Waals surface area contributed by atoms with Gasteiger partial charge in [-0.25, -0.2) is 0 Å². The average Bonchev–Trinajstić information content (AvgIpc) is 2.92. The van der Waals surface area contributed by atoms with Crippen LogP contribution in [0.25, 0.3) is 0 Å². The Hall–Kier alpha value is -3.87. The second-order valence-electron chi connectivity index (χ2n) is 11.4. The molecule has 0 aliphatic carbocycles. The van der Waals surface area contributed by atoms with Gasteiger partial charge >= 0.3 is 11.9 Å². The first-order valence-electron chi connectivity index (χ1n) is 14.1. The number of nitrogens with zero attached hydrogens (tertiary/aromatic N) is 2. The van der Waals surface area contributed by atoms with E-state index in [1.807, 2.05) is 36.4 Å². The van der Waals surface area contributed by atoms with E-state index in [0.29, 0.717) is 25.0 Å². The van der Waals surface area contributed by atoms with E-state index in [-0.39, 0.29) is 18.1 Å². The van der Waals surface area contributed by atoms with Gasteiger partial charge in [0, 0.05) is 25.3 Å². The normalized spacial score (nSPS) is 12.2. The minimum Gasteiger partial charge on any atom is -0.508 e. The van der Waals surface area contributed by atoms with Crippen molar-refractivity contribution in [2.24, 2.45) is 9.98 Å². The number of ether oxygens (including phenoxy) is 1. The summed E-state index contributed by atoms with van der Waals surface area (Å²) in [6, 6.07) is 23.2. The maximum absolute atomic E-state index is 12.4. The Morgan fingerprint density at radius 1 is 0.714 bits per heavy atom.